The molecular weight excluding hydrogens is 1720 g/mol. The fourth-order valence-electron chi connectivity index (χ4n) is 16.7. The lowest BCUT2D eigenvalue weighted by atomic mass is 10.1. The largest absolute Gasteiger partial charge is 0.353 e. The standard InChI is InChI=1S/C28H25N7O2.C26H30N6O2.C25H26N6O2.C24H24N6O2/c36-26-19-21(10-12-30-26)24-9-8-23(27-31-13-14-35(24)27)32-22-6-4-20(5-7-22)28(37)34-17-15-33(16-18-34)25-3-1-2-11-29-25;1-4-30(3)16-17-31(5-2)26(34)19-6-8-21(9-7-19)29-22-10-11-23(32-15-14-28-25(22)32)20-12-13-27-24(33)18-20;1-2-29-13-15-30(16-14-29)25(33)18-3-5-20(6-4-18)28-21-7-8-22(31-12-11-27-24(21)31)19-9-10-26-23(32)17-19;1-28-12-14-29(15-13-28)24(32)17-2-4-19(5-3-17)27-20-6-7-21(30-11-10-26-23(20)30)18-8-9-25-22(31)16-18/h1-14,19,32H,15-18H2,(H,30,36);6-15,18,29H,4-5,16-17H2,1-3H3,(H,27,33);3-12,17,28H,2,13-16H2,1H3,(H,26,32);2-11,16,27H,12-15H2,1H3,(H,25,31). The lowest BCUT2D eigenvalue weighted by Crippen LogP contribution is -2.49. The number of carbonyl (C=O) groups excluding carboxylic acids is 4. The molecule has 33 nitrogen and oxygen atoms in total. The number of anilines is 9. The van der Waals surface area contributed by atoms with Crippen molar-refractivity contribution in [3.05, 3.63) is 357 Å². The molecule has 0 spiro atoms. The second-order valence-electron chi connectivity index (χ2n) is 33.2. The number of aromatic amines is 4. The highest BCUT2D eigenvalue weighted by molar-refractivity contribution is 5.98. The molecular formula is C103H105N25O8. The van der Waals surface area contributed by atoms with E-state index in [1.807, 2.05) is 257 Å². The number of carbonyl (C=O) groups is 4. The number of nitrogens with zero attached hydrogens (tertiary/aromatic N) is 17. The number of hydrogen-bond acceptors (Lipinski definition) is 21. The van der Waals surface area contributed by atoms with Gasteiger partial charge in [-0.25, -0.2) is 24.9 Å². The highest BCUT2D eigenvalue weighted by Crippen LogP contribution is 2.34. The number of rotatable bonds is 23. The molecule has 0 unspecified atom stereocenters. The maximum atomic E-state index is 13.1. The zero-order chi connectivity index (χ0) is 94.1. The molecule has 0 atom stereocenters. The Bertz CT molecular complexity index is 7310. The molecule has 17 aromatic rings. The van der Waals surface area contributed by atoms with Crippen LogP contribution in [0.2, 0.25) is 0 Å². The fraction of sp³-hybridized carbons (Fsp3) is 0.214. The van der Waals surface area contributed by atoms with Gasteiger partial charge >= 0.3 is 0 Å². The molecule has 16 heterocycles. The first kappa shape index (κ1) is 91.3. The third kappa shape index (κ3) is 21.4. The third-order valence-corrected chi connectivity index (χ3v) is 24.5. The van der Waals surface area contributed by atoms with Gasteiger partial charge in [0.1, 0.15) is 5.82 Å². The molecule has 33 heteroatoms. The van der Waals surface area contributed by atoms with Gasteiger partial charge in [0.25, 0.3) is 23.6 Å². The fourth-order valence-corrected chi connectivity index (χ4v) is 16.7. The van der Waals surface area contributed by atoms with Gasteiger partial charge in [-0.15, -0.1) is 0 Å². The van der Waals surface area contributed by atoms with E-state index in [1.54, 1.807) is 80.0 Å². The maximum Gasteiger partial charge on any atom is 0.253 e. The van der Waals surface area contributed by atoms with E-state index in [4.69, 9.17) is 0 Å². The predicted octanol–water partition coefficient (Wildman–Crippen LogP) is 13.7. The monoisotopic (exact) mass is 1820 g/mol. The smallest absolute Gasteiger partial charge is 0.253 e. The predicted molar refractivity (Wildman–Crippen MR) is 532 cm³/mol. The van der Waals surface area contributed by atoms with Gasteiger partial charge in [-0.1, -0.05) is 19.9 Å². The topological polar surface area (TPSA) is 356 Å². The van der Waals surface area contributed by atoms with Crippen molar-refractivity contribution in [2.24, 2.45) is 0 Å². The molecule has 3 aliphatic rings. The van der Waals surface area contributed by atoms with E-state index in [1.165, 1.54) is 0 Å². The van der Waals surface area contributed by atoms with Crippen molar-refractivity contribution >= 4 is 97.5 Å². The van der Waals surface area contributed by atoms with Crippen LogP contribution in [0, 0.1) is 0 Å². The van der Waals surface area contributed by atoms with Gasteiger partial charge in [-0.3, -0.25) is 56.0 Å². The number of pyridine rings is 9. The van der Waals surface area contributed by atoms with E-state index in [0.29, 0.717) is 48.4 Å². The summed E-state index contributed by atoms with van der Waals surface area (Å²) in [5.74, 6) is 1.17. The van der Waals surface area contributed by atoms with Crippen molar-refractivity contribution in [2.75, 3.05) is 152 Å². The number of H-pyrrole nitrogens is 4. The Hall–Kier alpha value is -16.7. The minimum atomic E-state index is -0.155. The van der Waals surface area contributed by atoms with Gasteiger partial charge in [0.05, 0.1) is 45.5 Å². The van der Waals surface area contributed by atoms with Crippen molar-refractivity contribution in [1.29, 1.82) is 0 Å². The zero-order valence-electron chi connectivity index (χ0n) is 76.1. The summed E-state index contributed by atoms with van der Waals surface area (Å²) >= 11 is 0. The summed E-state index contributed by atoms with van der Waals surface area (Å²) in [6.45, 7) is 20.0. The van der Waals surface area contributed by atoms with Crippen molar-refractivity contribution in [3.8, 4) is 45.0 Å². The molecule has 4 aromatic carbocycles. The Morgan fingerprint density at radius 1 is 0.346 bits per heavy atom. The molecule has 4 amide bonds. The van der Waals surface area contributed by atoms with E-state index in [2.05, 4.69) is 114 Å². The summed E-state index contributed by atoms with van der Waals surface area (Å²) in [5.41, 5.74) is 18.6. The maximum absolute atomic E-state index is 13.1. The Balaban J connectivity index is 0.000000126. The van der Waals surface area contributed by atoms with Gasteiger partial charge in [0, 0.05) is 270 Å². The highest BCUT2D eigenvalue weighted by atomic mass is 16.2. The van der Waals surface area contributed by atoms with E-state index >= 15 is 0 Å². The van der Waals surface area contributed by atoms with Gasteiger partial charge in [-0.2, -0.15) is 0 Å². The second-order valence-corrected chi connectivity index (χ2v) is 33.2. The van der Waals surface area contributed by atoms with Crippen LogP contribution in [-0.4, -0.2) is 246 Å². The van der Waals surface area contributed by atoms with Crippen LogP contribution in [0.1, 0.15) is 62.2 Å². The second kappa shape index (κ2) is 42.3. The Morgan fingerprint density at radius 2 is 0.669 bits per heavy atom. The summed E-state index contributed by atoms with van der Waals surface area (Å²) in [6, 6.07) is 65.3. The van der Waals surface area contributed by atoms with Gasteiger partial charge < -0.3 is 80.4 Å². The molecule has 8 N–H and O–H groups in total. The van der Waals surface area contributed by atoms with Gasteiger partial charge in [-0.05, 0) is 216 Å². The number of benzene rings is 4. The average Bonchev–Trinajstić information content (AvgIpc) is 1.61. The minimum Gasteiger partial charge on any atom is -0.353 e. The number of aromatic nitrogens is 13. The zero-order valence-corrected chi connectivity index (χ0v) is 76.1. The highest BCUT2D eigenvalue weighted by Gasteiger charge is 2.27. The molecule has 3 fully saturated rings. The summed E-state index contributed by atoms with van der Waals surface area (Å²) in [4.78, 5) is 148. The molecule has 690 valence electrons. The molecule has 3 aliphatic heterocycles. The molecule has 0 saturated carbocycles. The van der Waals surface area contributed by atoms with Crippen molar-refractivity contribution in [1.82, 2.24) is 96.8 Å². The van der Waals surface area contributed by atoms with E-state index in [-0.39, 0.29) is 45.9 Å². The van der Waals surface area contributed by atoms with Gasteiger partial charge in [0.15, 0.2) is 22.6 Å². The molecule has 0 bridgehead atoms. The molecule has 13 aromatic heterocycles. The van der Waals surface area contributed by atoms with Crippen LogP contribution in [0.4, 0.5) is 51.3 Å². The molecule has 20 rings (SSSR count). The van der Waals surface area contributed by atoms with Gasteiger partial charge in [0.2, 0.25) is 22.2 Å². The number of amides is 4. The van der Waals surface area contributed by atoms with Crippen molar-refractivity contribution < 1.29 is 19.2 Å². The quantitative estimate of drug-likeness (QED) is 0.0295. The lowest BCUT2D eigenvalue weighted by Gasteiger charge is -2.35. The van der Waals surface area contributed by atoms with Crippen LogP contribution < -0.4 is 48.4 Å². The Kier molecular flexibility index (Phi) is 28.4. The minimum absolute atomic E-state index is 0.0325. The number of nitrogens with one attached hydrogen (secondary N) is 8. The van der Waals surface area contributed by atoms with Crippen molar-refractivity contribution in [3.63, 3.8) is 0 Å². The van der Waals surface area contributed by atoms with Crippen LogP contribution in [0.25, 0.3) is 67.6 Å². The van der Waals surface area contributed by atoms with E-state index < -0.39 is 0 Å². The summed E-state index contributed by atoms with van der Waals surface area (Å²) in [5, 5.41) is 13.6. The normalized spacial score (nSPS) is 13.5. The number of piperazine rings is 3. The van der Waals surface area contributed by atoms with E-state index in [9.17, 15) is 38.4 Å². The van der Waals surface area contributed by atoms with Crippen LogP contribution in [-0.2, 0) is 0 Å². The molecule has 136 heavy (non-hydrogen) atoms. The number of hydrogen-bond donors (Lipinski definition) is 8. The Morgan fingerprint density at radius 3 is 0.971 bits per heavy atom. The summed E-state index contributed by atoms with van der Waals surface area (Å²) < 4.78 is 7.79. The molecule has 0 aliphatic carbocycles. The average molecular weight is 1820 g/mol. The lowest BCUT2D eigenvalue weighted by molar-refractivity contribution is 0.0641. The third-order valence-electron chi connectivity index (χ3n) is 24.5. The first-order valence-corrected chi connectivity index (χ1v) is 45.4. The molecule has 0 radical (unpaired) electrons. The van der Waals surface area contributed by atoms with E-state index in [0.717, 1.165) is 204 Å². The van der Waals surface area contributed by atoms with Crippen LogP contribution in [0.15, 0.2) is 312 Å². The van der Waals surface area contributed by atoms with Crippen LogP contribution in [0.3, 0.4) is 0 Å². The first-order chi connectivity index (χ1) is 66.3. The first-order valence-electron chi connectivity index (χ1n) is 45.4. The number of likely N-dealkylation sites (N-methyl/N-ethyl adjacent to an activating group) is 4. The van der Waals surface area contributed by atoms with Crippen LogP contribution in [0.5, 0.6) is 0 Å². The Labute approximate surface area is 783 Å². The summed E-state index contributed by atoms with van der Waals surface area (Å²) in [6.07, 6.45) is 22.7. The SMILES string of the molecule is CCN(C)CCN(CC)C(=O)c1ccc(Nc2ccc(-c3cc[nH]c(=O)c3)n3ccnc23)cc1.CCN1CCN(C(=O)c2ccc(Nc3ccc(-c4cc[nH]c(=O)c4)n4ccnc34)cc2)CC1.CN1CCN(C(=O)c2ccc(Nc3ccc(-c4cc[nH]c(=O)c4)n4ccnc34)cc2)CC1.O=C(c1ccc(Nc2ccc(-c3cc[nH]c(=O)c3)n3ccnc23)cc1)N1CCN(c2ccccn2)CC1. The number of imidazole rings is 4. The summed E-state index contributed by atoms with van der Waals surface area (Å²) in [7, 11) is 4.13. The van der Waals surface area contributed by atoms with Crippen molar-refractivity contribution in [2.45, 2.75) is 20.8 Å². The molecule has 3 saturated heterocycles. The number of fused-ring (bicyclic) bond motifs is 4. The van der Waals surface area contributed by atoms with Crippen LogP contribution >= 0.6 is 0 Å².